The van der Waals surface area contributed by atoms with Crippen molar-refractivity contribution in [1.29, 1.82) is 0 Å². The van der Waals surface area contributed by atoms with Gasteiger partial charge in [-0.25, -0.2) is 4.98 Å². The minimum Gasteiger partial charge on any atom is -0.232 e. The van der Waals surface area contributed by atoms with E-state index in [0.29, 0.717) is 4.34 Å². The third-order valence-corrected chi connectivity index (χ3v) is 3.14. The highest BCUT2D eigenvalue weighted by atomic mass is 127. The van der Waals surface area contributed by atoms with Crippen LogP contribution in [0.5, 0.6) is 0 Å². The van der Waals surface area contributed by atoms with Crippen molar-refractivity contribution >= 4 is 57.1 Å². The van der Waals surface area contributed by atoms with Gasteiger partial charge in [0.05, 0.1) is 11.1 Å². The number of alkyl halides is 1. The van der Waals surface area contributed by atoms with E-state index < -0.39 is 0 Å². The number of aromatic nitrogens is 1. The molecule has 0 spiro atoms. The molecule has 0 aliphatic heterocycles. The Bertz CT molecular complexity index is 236. The van der Waals surface area contributed by atoms with Gasteiger partial charge in [0.2, 0.25) is 0 Å². The quantitative estimate of drug-likeness (QED) is 0.569. The molecule has 0 saturated carbocycles. The number of halogens is 3. The monoisotopic (exact) mass is 307 g/mol. The molecule has 0 radical (unpaired) electrons. The Kier molecular flexibility index (Phi) is 3.21. The van der Waals surface area contributed by atoms with Crippen LogP contribution in [-0.4, -0.2) is 4.98 Å². The number of thiazole rings is 1. The maximum atomic E-state index is 5.81. The molecule has 0 N–H and O–H groups in total. The molecule has 1 nitrogen and oxygen atoms in total. The lowest BCUT2D eigenvalue weighted by atomic mass is 10.4. The van der Waals surface area contributed by atoms with Crippen LogP contribution in [0.1, 0.15) is 18.0 Å². The third-order valence-electron chi connectivity index (χ3n) is 0.960. The molecular formula is C5H4Cl2INS. The molecule has 0 bridgehead atoms. The molecule has 0 amide bonds. The summed E-state index contributed by atoms with van der Waals surface area (Å²) in [7, 11) is 0. The van der Waals surface area contributed by atoms with E-state index in [1.165, 1.54) is 11.3 Å². The fraction of sp³-hybridized carbons (Fsp3) is 0.400. The topological polar surface area (TPSA) is 12.9 Å². The molecule has 5 heteroatoms. The largest absolute Gasteiger partial charge is 0.232 e. The first kappa shape index (κ1) is 9.03. The first-order chi connectivity index (χ1) is 4.61. The molecule has 1 rings (SSSR count). The molecule has 0 aromatic carbocycles. The zero-order chi connectivity index (χ0) is 7.72. The molecule has 1 unspecified atom stereocenters. The van der Waals surface area contributed by atoms with E-state index in [1.807, 2.05) is 6.92 Å². The summed E-state index contributed by atoms with van der Waals surface area (Å²) in [4.78, 5) is 4.15. The van der Waals surface area contributed by atoms with Crippen molar-refractivity contribution < 1.29 is 0 Å². The van der Waals surface area contributed by atoms with Gasteiger partial charge in [-0.05, 0) is 29.5 Å². The highest BCUT2D eigenvalue weighted by Gasteiger charge is 2.11. The fourth-order valence-electron chi connectivity index (χ4n) is 0.533. The SMILES string of the molecule is CC(Cl)c1nc(I)sc1Cl. The number of hydrogen-bond acceptors (Lipinski definition) is 2. The van der Waals surface area contributed by atoms with E-state index in [-0.39, 0.29) is 5.38 Å². The molecule has 1 aromatic rings. The van der Waals surface area contributed by atoms with Crippen LogP contribution < -0.4 is 0 Å². The van der Waals surface area contributed by atoms with Crippen molar-refractivity contribution in [1.82, 2.24) is 4.98 Å². The van der Waals surface area contributed by atoms with Gasteiger partial charge in [-0.1, -0.05) is 22.9 Å². The molecule has 0 saturated heterocycles. The van der Waals surface area contributed by atoms with Crippen LogP contribution in [-0.2, 0) is 0 Å². The smallest absolute Gasteiger partial charge is 0.155 e. The lowest BCUT2D eigenvalue weighted by Gasteiger charge is -1.95. The zero-order valence-corrected chi connectivity index (χ0v) is 9.55. The predicted octanol–water partition coefficient (Wildman–Crippen LogP) is 3.70. The average molecular weight is 308 g/mol. The van der Waals surface area contributed by atoms with Gasteiger partial charge in [0.15, 0.2) is 3.01 Å². The van der Waals surface area contributed by atoms with Crippen LogP contribution in [0.3, 0.4) is 0 Å². The third kappa shape index (κ3) is 1.96. The summed E-state index contributed by atoms with van der Waals surface area (Å²) in [6.07, 6.45) is 0. The predicted molar refractivity (Wildman–Crippen MR) is 54.1 cm³/mol. The standard InChI is InChI=1S/C5H4Cl2INS/c1-2(6)3-4(7)10-5(8)9-3/h2H,1H3. The maximum Gasteiger partial charge on any atom is 0.155 e. The molecule has 1 heterocycles. The average Bonchev–Trinajstić information content (AvgIpc) is 2.10. The van der Waals surface area contributed by atoms with E-state index in [9.17, 15) is 0 Å². The first-order valence-corrected chi connectivity index (χ1v) is 5.28. The second kappa shape index (κ2) is 3.56. The summed E-state index contributed by atoms with van der Waals surface area (Å²) in [6.45, 7) is 1.86. The van der Waals surface area contributed by atoms with Crippen molar-refractivity contribution in [2.75, 3.05) is 0 Å². The lowest BCUT2D eigenvalue weighted by molar-refractivity contribution is 1.01. The Morgan fingerprint density at radius 2 is 2.30 bits per heavy atom. The maximum absolute atomic E-state index is 5.81. The Labute approximate surface area is 86.9 Å². The highest BCUT2D eigenvalue weighted by Crippen LogP contribution is 2.32. The molecule has 1 atom stereocenters. The van der Waals surface area contributed by atoms with E-state index in [1.54, 1.807) is 0 Å². The van der Waals surface area contributed by atoms with Crippen LogP contribution in [0.25, 0.3) is 0 Å². The minimum absolute atomic E-state index is 0.0905. The molecule has 1 aromatic heterocycles. The summed E-state index contributed by atoms with van der Waals surface area (Å²) in [5, 5.41) is -0.0905. The van der Waals surface area contributed by atoms with Crippen molar-refractivity contribution in [2.24, 2.45) is 0 Å². The highest BCUT2D eigenvalue weighted by molar-refractivity contribution is 14.1. The summed E-state index contributed by atoms with van der Waals surface area (Å²) >= 11 is 15.2. The van der Waals surface area contributed by atoms with Gasteiger partial charge in [0.25, 0.3) is 0 Å². The molecule has 0 aliphatic carbocycles. The van der Waals surface area contributed by atoms with Crippen molar-refractivity contribution in [3.8, 4) is 0 Å². The Balaban J connectivity index is 3.03. The van der Waals surface area contributed by atoms with Crippen molar-refractivity contribution in [3.63, 3.8) is 0 Å². The summed E-state index contributed by atoms with van der Waals surface area (Å²) < 4.78 is 1.64. The number of rotatable bonds is 1. The second-order valence-corrected chi connectivity index (χ2v) is 5.75. The van der Waals surface area contributed by atoms with Gasteiger partial charge in [0.1, 0.15) is 4.34 Å². The van der Waals surface area contributed by atoms with Crippen LogP contribution >= 0.6 is 57.1 Å². The van der Waals surface area contributed by atoms with Gasteiger partial charge in [-0.15, -0.1) is 11.6 Å². The Hall–Kier alpha value is 0.940. The van der Waals surface area contributed by atoms with Gasteiger partial charge in [-0.2, -0.15) is 0 Å². The normalized spacial score (nSPS) is 13.6. The zero-order valence-electron chi connectivity index (χ0n) is 5.07. The van der Waals surface area contributed by atoms with Gasteiger partial charge in [-0.3, -0.25) is 0 Å². The summed E-state index contributed by atoms with van der Waals surface area (Å²) in [6, 6.07) is 0. The van der Waals surface area contributed by atoms with Crippen molar-refractivity contribution in [3.05, 3.63) is 13.0 Å². The first-order valence-electron chi connectivity index (χ1n) is 2.57. The molecule has 56 valence electrons. The number of nitrogens with zero attached hydrogens (tertiary/aromatic N) is 1. The van der Waals surface area contributed by atoms with Gasteiger partial charge < -0.3 is 0 Å². The van der Waals surface area contributed by atoms with Crippen LogP contribution in [0.2, 0.25) is 4.34 Å². The second-order valence-electron chi connectivity index (χ2n) is 1.74. The molecule has 0 fully saturated rings. The van der Waals surface area contributed by atoms with Gasteiger partial charge in [0, 0.05) is 0 Å². The molecular weight excluding hydrogens is 304 g/mol. The Morgan fingerprint density at radius 3 is 2.50 bits per heavy atom. The van der Waals surface area contributed by atoms with E-state index >= 15 is 0 Å². The fourth-order valence-corrected chi connectivity index (χ4v) is 3.17. The van der Waals surface area contributed by atoms with Crippen molar-refractivity contribution in [2.45, 2.75) is 12.3 Å². The summed E-state index contributed by atoms with van der Waals surface area (Å²) in [5.41, 5.74) is 0.790. The molecule has 10 heavy (non-hydrogen) atoms. The number of hydrogen-bond donors (Lipinski definition) is 0. The van der Waals surface area contributed by atoms with Crippen LogP contribution in [0, 0.1) is 3.01 Å². The van der Waals surface area contributed by atoms with Crippen LogP contribution in [0.15, 0.2) is 0 Å². The van der Waals surface area contributed by atoms with E-state index in [0.717, 1.165) is 8.71 Å². The summed E-state index contributed by atoms with van der Waals surface area (Å²) in [5.74, 6) is 0. The molecule has 0 aliphatic rings. The van der Waals surface area contributed by atoms with E-state index in [2.05, 4.69) is 27.6 Å². The van der Waals surface area contributed by atoms with E-state index in [4.69, 9.17) is 23.2 Å². The Morgan fingerprint density at radius 1 is 1.70 bits per heavy atom. The van der Waals surface area contributed by atoms with Gasteiger partial charge >= 0.3 is 0 Å². The minimum atomic E-state index is -0.0905. The van der Waals surface area contributed by atoms with Crippen LogP contribution in [0.4, 0.5) is 0 Å². The lowest BCUT2D eigenvalue weighted by Crippen LogP contribution is -1.84.